The largest absolute Gasteiger partial charge is 0.467 e. The summed E-state index contributed by atoms with van der Waals surface area (Å²) in [5.74, 6) is 0.0881. The maximum atomic E-state index is 13.1. The zero-order valence-corrected chi connectivity index (χ0v) is 20.7. The normalized spacial score (nSPS) is 12.6. The number of nitrogens with zero attached hydrogens (tertiary/aromatic N) is 5. The Labute approximate surface area is 205 Å². The first kappa shape index (κ1) is 25.8. The number of methoxy groups -OCH3 is 1. The minimum Gasteiger partial charge on any atom is -0.467 e. The Morgan fingerprint density at radius 2 is 1.91 bits per heavy atom. The third-order valence-corrected chi connectivity index (χ3v) is 6.02. The summed E-state index contributed by atoms with van der Waals surface area (Å²) >= 11 is 0. The number of nitrogens with one attached hydrogen (secondary N) is 2. The second-order valence-electron chi connectivity index (χ2n) is 8.46. The van der Waals surface area contributed by atoms with Crippen molar-refractivity contribution >= 4 is 12.0 Å². The van der Waals surface area contributed by atoms with Gasteiger partial charge in [0.2, 0.25) is 0 Å². The molecule has 35 heavy (non-hydrogen) atoms. The Kier molecular flexibility index (Phi) is 9.28. The minimum atomic E-state index is -0.691. The van der Waals surface area contributed by atoms with Crippen molar-refractivity contribution in [1.29, 1.82) is 0 Å². The maximum absolute atomic E-state index is 13.1. The van der Waals surface area contributed by atoms with Gasteiger partial charge in [0.1, 0.15) is 6.04 Å². The molecule has 0 saturated heterocycles. The average molecular weight is 480 g/mol. The number of urea groups is 1. The van der Waals surface area contributed by atoms with Gasteiger partial charge in [-0.1, -0.05) is 63.9 Å². The van der Waals surface area contributed by atoms with E-state index in [1.807, 2.05) is 50.2 Å². The summed E-state index contributed by atoms with van der Waals surface area (Å²) in [7, 11) is 1.34. The molecule has 0 aliphatic heterocycles. The van der Waals surface area contributed by atoms with Crippen LogP contribution in [0.25, 0.3) is 22.6 Å². The van der Waals surface area contributed by atoms with Gasteiger partial charge in [0.15, 0.2) is 5.82 Å². The van der Waals surface area contributed by atoms with Crippen LogP contribution in [0.4, 0.5) is 4.79 Å². The van der Waals surface area contributed by atoms with Gasteiger partial charge in [0.25, 0.3) is 0 Å². The highest BCUT2D eigenvalue weighted by Gasteiger charge is 2.28. The molecule has 2 atom stereocenters. The van der Waals surface area contributed by atoms with Gasteiger partial charge in [-0.3, -0.25) is 4.98 Å². The molecule has 0 fully saturated rings. The smallest absolute Gasteiger partial charge is 0.328 e. The number of H-pyrrole nitrogens is 1. The van der Waals surface area contributed by atoms with Crippen LogP contribution in [0.3, 0.4) is 0 Å². The number of hydrogen-bond donors (Lipinski definition) is 2. The van der Waals surface area contributed by atoms with E-state index in [-0.39, 0.29) is 11.9 Å². The van der Waals surface area contributed by atoms with Crippen LogP contribution in [0, 0.1) is 5.92 Å². The number of pyridine rings is 1. The first-order chi connectivity index (χ1) is 17.0. The number of rotatable bonds is 11. The Morgan fingerprint density at radius 3 is 2.51 bits per heavy atom. The molecule has 1 aromatic carbocycles. The molecular weight excluding hydrogens is 446 g/mol. The summed E-state index contributed by atoms with van der Waals surface area (Å²) in [6, 6.07) is 10.6. The molecule has 0 radical (unpaired) electrons. The number of esters is 1. The zero-order chi connectivity index (χ0) is 25.2. The van der Waals surface area contributed by atoms with Gasteiger partial charge < -0.3 is 15.0 Å². The maximum Gasteiger partial charge on any atom is 0.328 e. The number of tetrazole rings is 1. The molecule has 3 rings (SSSR count). The highest BCUT2D eigenvalue weighted by Crippen LogP contribution is 2.28. The number of aromatic amines is 1. The zero-order valence-electron chi connectivity index (χ0n) is 20.7. The Bertz CT molecular complexity index is 1090. The molecule has 2 aromatic heterocycles. The van der Waals surface area contributed by atoms with Crippen LogP contribution in [0.1, 0.15) is 45.6 Å². The predicted molar refractivity (Wildman–Crippen MR) is 132 cm³/mol. The van der Waals surface area contributed by atoms with Gasteiger partial charge in [-0.25, -0.2) is 14.7 Å². The third-order valence-electron chi connectivity index (χ3n) is 6.02. The lowest BCUT2D eigenvalue weighted by molar-refractivity contribution is -0.144. The average Bonchev–Trinajstić information content (AvgIpc) is 3.44. The van der Waals surface area contributed by atoms with Crippen molar-refractivity contribution in [3.63, 3.8) is 0 Å². The van der Waals surface area contributed by atoms with Crippen LogP contribution in [0.5, 0.6) is 0 Å². The molecule has 10 heteroatoms. The van der Waals surface area contributed by atoms with E-state index in [0.717, 1.165) is 41.6 Å². The number of carbonyl (C=O) groups is 2. The lowest BCUT2D eigenvalue weighted by Crippen LogP contribution is -2.51. The van der Waals surface area contributed by atoms with Crippen molar-refractivity contribution in [1.82, 2.24) is 35.8 Å². The van der Waals surface area contributed by atoms with E-state index in [1.54, 1.807) is 11.1 Å². The standard InChI is InChI=1S/C25H33N7O3/c1-5-7-14-32(25(34)27-22(17(3)6-2)24(33)35-4)16-18-12-13-21(26-15-18)19-10-8-9-11-20(19)23-28-30-31-29-23/h8-13,15,17,22H,5-7,14,16H2,1-4H3,(H,27,34)(H,28,29,30,31)/t17?,22-/m0/s1. The van der Waals surface area contributed by atoms with Crippen molar-refractivity contribution < 1.29 is 14.3 Å². The molecule has 2 N–H and O–H groups in total. The third kappa shape index (κ3) is 6.62. The quantitative estimate of drug-likeness (QED) is 0.400. The monoisotopic (exact) mass is 479 g/mol. The molecule has 186 valence electrons. The summed E-state index contributed by atoms with van der Waals surface area (Å²) in [6.45, 7) is 6.92. The van der Waals surface area contributed by atoms with Crippen molar-refractivity contribution in [2.45, 2.75) is 52.6 Å². The van der Waals surface area contributed by atoms with E-state index in [0.29, 0.717) is 18.9 Å². The molecule has 0 spiro atoms. The Morgan fingerprint density at radius 1 is 1.14 bits per heavy atom. The van der Waals surface area contributed by atoms with E-state index in [4.69, 9.17) is 4.74 Å². The van der Waals surface area contributed by atoms with E-state index < -0.39 is 12.0 Å². The lowest BCUT2D eigenvalue weighted by atomic mass is 9.99. The predicted octanol–water partition coefficient (Wildman–Crippen LogP) is 3.83. The molecule has 0 saturated carbocycles. The summed E-state index contributed by atoms with van der Waals surface area (Å²) < 4.78 is 4.91. The molecule has 2 amide bonds. The second-order valence-corrected chi connectivity index (χ2v) is 8.46. The van der Waals surface area contributed by atoms with Crippen LogP contribution < -0.4 is 5.32 Å². The van der Waals surface area contributed by atoms with Crippen molar-refractivity contribution in [3.8, 4) is 22.6 Å². The van der Waals surface area contributed by atoms with Crippen molar-refractivity contribution in [3.05, 3.63) is 48.2 Å². The molecule has 0 bridgehead atoms. The van der Waals surface area contributed by atoms with E-state index in [9.17, 15) is 9.59 Å². The number of carbonyl (C=O) groups excluding carboxylic acids is 2. The summed E-state index contributed by atoms with van der Waals surface area (Å²) in [4.78, 5) is 31.7. The molecule has 10 nitrogen and oxygen atoms in total. The van der Waals surface area contributed by atoms with Gasteiger partial charge in [-0.05, 0) is 34.4 Å². The van der Waals surface area contributed by atoms with Gasteiger partial charge in [-0.15, -0.1) is 5.10 Å². The van der Waals surface area contributed by atoms with Crippen LogP contribution in [0.15, 0.2) is 42.6 Å². The van der Waals surface area contributed by atoms with Gasteiger partial charge in [-0.2, -0.15) is 0 Å². The molecular formula is C25H33N7O3. The molecule has 0 aliphatic carbocycles. The topological polar surface area (TPSA) is 126 Å². The molecule has 3 aromatic rings. The number of amides is 2. The van der Waals surface area contributed by atoms with E-state index >= 15 is 0 Å². The number of hydrogen-bond acceptors (Lipinski definition) is 7. The number of unbranched alkanes of at least 4 members (excludes halogenated alkanes) is 1. The van der Waals surface area contributed by atoms with Gasteiger partial charge >= 0.3 is 12.0 Å². The Balaban J connectivity index is 1.77. The van der Waals surface area contributed by atoms with Crippen molar-refractivity contribution in [2.75, 3.05) is 13.7 Å². The highest BCUT2D eigenvalue weighted by atomic mass is 16.5. The number of ether oxygens (including phenoxy) is 1. The lowest BCUT2D eigenvalue weighted by Gasteiger charge is -2.28. The van der Waals surface area contributed by atoms with E-state index in [1.165, 1.54) is 7.11 Å². The molecule has 2 heterocycles. The number of aromatic nitrogens is 5. The first-order valence-electron chi connectivity index (χ1n) is 11.9. The molecule has 0 aliphatic rings. The summed E-state index contributed by atoms with van der Waals surface area (Å²) in [5.41, 5.74) is 3.40. The van der Waals surface area contributed by atoms with Gasteiger partial charge in [0.05, 0.1) is 12.8 Å². The number of benzene rings is 1. The van der Waals surface area contributed by atoms with Crippen molar-refractivity contribution in [2.24, 2.45) is 5.92 Å². The summed E-state index contributed by atoms with van der Waals surface area (Å²) in [6.07, 6.45) is 4.30. The SMILES string of the molecule is CCCCN(Cc1ccc(-c2ccccc2-c2nnn[nH]2)nc1)C(=O)N[C@H](C(=O)OC)C(C)CC. The van der Waals surface area contributed by atoms with E-state index in [2.05, 4.69) is 37.8 Å². The van der Waals surface area contributed by atoms with Crippen LogP contribution in [-0.4, -0.2) is 62.2 Å². The van der Waals surface area contributed by atoms with Gasteiger partial charge in [0, 0.05) is 30.4 Å². The fraction of sp³-hybridized carbons (Fsp3) is 0.440. The second kappa shape index (κ2) is 12.6. The highest BCUT2D eigenvalue weighted by molar-refractivity contribution is 5.84. The Hall–Kier alpha value is -3.82. The van der Waals surface area contributed by atoms with Crippen LogP contribution >= 0.6 is 0 Å². The minimum absolute atomic E-state index is 0.0417. The van der Waals surface area contributed by atoms with Crippen LogP contribution in [0.2, 0.25) is 0 Å². The molecule has 1 unspecified atom stereocenters. The fourth-order valence-electron chi connectivity index (χ4n) is 3.71. The first-order valence-corrected chi connectivity index (χ1v) is 11.9. The fourth-order valence-corrected chi connectivity index (χ4v) is 3.71. The van der Waals surface area contributed by atoms with Crippen LogP contribution in [-0.2, 0) is 16.1 Å². The summed E-state index contributed by atoms with van der Waals surface area (Å²) in [5, 5.41) is 17.0.